The highest BCUT2D eigenvalue weighted by Crippen LogP contribution is 2.39. The van der Waals surface area contributed by atoms with Crippen molar-refractivity contribution in [3.8, 4) is 17.0 Å². The predicted molar refractivity (Wildman–Crippen MR) is 117 cm³/mol. The van der Waals surface area contributed by atoms with Crippen LogP contribution in [-0.4, -0.2) is 32.9 Å². The molecule has 0 unspecified atom stereocenters. The number of nitrogens with zero attached hydrogens (tertiary/aromatic N) is 2. The van der Waals surface area contributed by atoms with Gasteiger partial charge >= 0.3 is 6.03 Å². The molecular weight excluding hydrogens is 400 g/mol. The average molecular weight is 425 g/mol. The van der Waals surface area contributed by atoms with Crippen LogP contribution in [-0.2, 0) is 0 Å². The number of carbonyl (C=O) groups is 2. The van der Waals surface area contributed by atoms with Crippen LogP contribution in [0.25, 0.3) is 11.3 Å². The number of hydrogen-bond donors (Lipinski definition) is 3. The molecule has 30 heavy (non-hydrogen) atoms. The maximum absolute atomic E-state index is 12.7. The lowest BCUT2D eigenvalue weighted by atomic mass is 9.82. The van der Waals surface area contributed by atoms with E-state index in [2.05, 4.69) is 15.7 Å². The molecule has 2 aromatic heterocycles. The van der Waals surface area contributed by atoms with Gasteiger partial charge in [0.1, 0.15) is 5.75 Å². The fourth-order valence-corrected chi connectivity index (χ4v) is 4.03. The normalized spacial score (nSPS) is 13.8. The van der Waals surface area contributed by atoms with E-state index >= 15 is 0 Å². The Morgan fingerprint density at radius 1 is 1.23 bits per heavy atom. The summed E-state index contributed by atoms with van der Waals surface area (Å²) in [6.07, 6.45) is 3.17. The van der Waals surface area contributed by atoms with E-state index in [1.807, 2.05) is 31.4 Å². The third-order valence-corrected chi connectivity index (χ3v) is 6.01. The van der Waals surface area contributed by atoms with E-state index in [-0.39, 0.29) is 29.6 Å². The molecule has 3 N–H and O–H groups in total. The molecule has 0 bridgehead atoms. The van der Waals surface area contributed by atoms with Gasteiger partial charge in [-0.25, -0.2) is 4.79 Å². The van der Waals surface area contributed by atoms with E-state index in [9.17, 15) is 14.7 Å². The van der Waals surface area contributed by atoms with Gasteiger partial charge < -0.3 is 15.7 Å². The molecule has 0 atom stereocenters. The van der Waals surface area contributed by atoms with Crippen molar-refractivity contribution < 1.29 is 14.7 Å². The second-order valence-corrected chi connectivity index (χ2v) is 8.71. The highest BCUT2D eigenvalue weighted by molar-refractivity contribution is 7.12. The first-order chi connectivity index (χ1) is 14.4. The van der Waals surface area contributed by atoms with Crippen molar-refractivity contribution >= 4 is 29.0 Å². The molecule has 7 nitrogen and oxygen atoms in total. The summed E-state index contributed by atoms with van der Waals surface area (Å²) in [5.41, 5.74) is 2.37. The molecule has 3 aromatic rings. The highest BCUT2D eigenvalue weighted by Gasteiger charge is 2.28. The lowest BCUT2D eigenvalue weighted by Crippen LogP contribution is -2.36. The Morgan fingerprint density at radius 3 is 2.67 bits per heavy atom. The Bertz CT molecular complexity index is 1070. The number of aromatic hydroxyl groups is 1. The second-order valence-electron chi connectivity index (χ2n) is 7.76. The van der Waals surface area contributed by atoms with Gasteiger partial charge in [0, 0.05) is 23.2 Å². The van der Waals surface area contributed by atoms with E-state index < -0.39 is 0 Å². The van der Waals surface area contributed by atoms with Crippen molar-refractivity contribution in [2.24, 2.45) is 0 Å². The van der Waals surface area contributed by atoms with Crippen LogP contribution in [0.5, 0.6) is 5.75 Å². The van der Waals surface area contributed by atoms with Crippen molar-refractivity contribution in [3.05, 3.63) is 52.3 Å². The highest BCUT2D eigenvalue weighted by atomic mass is 32.1. The minimum absolute atomic E-state index is 0.0106. The molecule has 1 fully saturated rings. The molecule has 1 saturated carbocycles. The van der Waals surface area contributed by atoms with Crippen molar-refractivity contribution in [1.29, 1.82) is 0 Å². The number of nitrogens with one attached hydrogen (secondary N) is 2. The van der Waals surface area contributed by atoms with Crippen LogP contribution < -0.4 is 10.6 Å². The Kier molecular flexibility index (Phi) is 5.59. The summed E-state index contributed by atoms with van der Waals surface area (Å²) >= 11 is 1.36. The lowest BCUT2D eigenvalue weighted by molar-refractivity contribution is 0.103. The van der Waals surface area contributed by atoms with Crippen LogP contribution >= 0.6 is 11.3 Å². The molecule has 2 amide bonds. The number of hydrogen-bond acceptors (Lipinski definition) is 5. The number of aromatic nitrogens is 2. The summed E-state index contributed by atoms with van der Waals surface area (Å²) < 4.78 is 1.41. The predicted octanol–water partition coefficient (Wildman–Crippen LogP) is 4.80. The Balaban J connectivity index is 1.66. The third-order valence-electron chi connectivity index (χ3n) is 5.14. The van der Waals surface area contributed by atoms with E-state index in [0.29, 0.717) is 21.8 Å². The number of thiophene rings is 1. The molecule has 2 heterocycles. The topological polar surface area (TPSA) is 96.3 Å². The first kappa shape index (κ1) is 20.2. The largest absolute Gasteiger partial charge is 0.507 e. The molecule has 4 rings (SSSR count). The summed E-state index contributed by atoms with van der Waals surface area (Å²) in [7, 11) is 0. The van der Waals surface area contributed by atoms with Crippen molar-refractivity contribution in [1.82, 2.24) is 15.1 Å². The Hall–Kier alpha value is -3.13. The van der Waals surface area contributed by atoms with Crippen LogP contribution in [0.1, 0.15) is 54.4 Å². The summed E-state index contributed by atoms with van der Waals surface area (Å²) in [5.74, 6) is 0.116. The SMILES string of the molecule is CC(C)NC(=O)n1nc(-c2cc(NC(=O)c3cccs3)ccc2O)cc1C1CCC1. The number of phenols is 1. The zero-order valence-electron chi connectivity index (χ0n) is 16.9. The molecule has 0 spiro atoms. The quantitative estimate of drug-likeness (QED) is 0.513. The number of phenolic OH excluding ortho intramolecular Hbond substituents is 1. The fourth-order valence-electron chi connectivity index (χ4n) is 3.41. The van der Waals surface area contributed by atoms with E-state index in [1.165, 1.54) is 22.1 Å². The maximum Gasteiger partial charge on any atom is 0.342 e. The van der Waals surface area contributed by atoms with Gasteiger partial charge in [-0.2, -0.15) is 9.78 Å². The molecule has 1 aromatic carbocycles. The summed E-state index contributed by atoms with van der Waals surface area (Å²) in [6.45, 7) is 3.80. The Morgan fingerprint density at radius 2 is 2.03 bits per heavy atom. The molecule has 0 aliphatic heterocycles. The van der Waals surface area contributed by atoms with Crippen LogP contribution in [0, 0.1) is 0 Å². The first-order valence-electron chi connectivity index (χ1n) is 10.0. The minimum Gasteiger partial charge on any atom is -0.507 e. The molecule has 1 aliphatic rings. The number of benzene rings is 1. The van der Waals surface area contributed by atoms with Gasteiger partial charge in [-0.3, -0.25) is 4.79 Å². The zero-order valence-corrected chi connectivity index (χ0v) is 17.7. The van der Waals surface area contributed by atoms with Gasteiger partial charge in [0.2, 0.25) is 0 Å². The summed E-state index contributed by atoms with van der Waals surface area (Å²) in [4.78, 5) is 25.6. The van der Waals surface area contributed by atoms with Crippen molar-refractivity contribution in [2.45, 2.75) is 45.1 Å². The second kappa shape index (κ2) is 8.31. The number of carbonyl (C=O) groups excluding carboxylic acids is 2. The van der Waals surface area contributed by atoms with Gasteiger partial charge in [-0.1, -0.05) is 12.5 Å². The number of rotatable bonds is 5. The molecular formula is C22H24N4O3S. The van der Waals surface area contributed by atoms with Crippen LogP contribution in [0.4, 0.5) is 10.5 Å². The van der Waals surface area contributed by atoms with E-state index in [1.54, 1.807) is 18.2 Å². The summed E-state index contributed by atoms with van der Waals surface area (Å²) in [6, 6.07) is 9.99. The smallest absolute Gasteiger partial charge is 0.342 e. The molecule has 8 heteroatoms. The average Bonchev–Trinajstić information content (AvgIpc) is 3.31. The van der Waals surface area contributed by atoms with Gasteiger partial charge in [0.15, 0.2) is 0 Å². The maximum atomic E-state index is 12.7. The monoisotopic (exact) mass is 424 g/mol. The molecule has 156 valence electrons. The molecule has 0 saturated heterocycles. The van der Waals surface area contributed by atoms with E-state index in [0.717, 1.165) is 25.0 Å². The zero-order chi connectivity index (χ0) is 21.3. The van der Waals surface area contributed by atoms with Crippen molar-refractivity contribution in [2.75, 3.05) is 5.32 Å². The van der Waals surface area contributed by atoms with Gasteiger partial charge in [0.25, 0.3) is 5.91 Å². The minimum atomic E-state index is -0.278. The van der Waals surface area contributed by atoms with Crippen LogP contribution in [0.2, 0.25) is 0 Å². The third kappa shape index (κ3) is 4.09. The van der Waals surface area contributed by atoms with Gasteiger partial charge in [-0.05, 0) is 62.4 Å². The number of anilines is 1. The van der Waals surface area contributed by atoms with Gasteiger partial charge in [0.05, 0.1) is 16.3 Å². The van der Waals surface area contributed by atoms with Crippen LogP contribution in [0.15, 0.2) is 41.8 Å². The van der Waals surface area contributed by atoms with E-state index in [4.69, 9.17) is 0 Å². The van der Waals surface area contributed by atoms with Crippen molar-refractivity contribution in [3.63, 3.8) is 0 Å². The fraction of sp³-hybridized carbons (Fsp3) is 0.318. The standard InChI is InChI=1S/C22H24N4O3S/c1-13(2)23-22(29)26-18(14-5-3-6-14)12-17(25-26)16-11-15(8-9-19(16)27)24-21(28)20-7-4-10-30-20/h4,7-14,27H,3,5-6H2,1-2H3,(H,23,29)(H,24,28). The Labute approximate surface area is 178 Å². The van der Waals surface area contributed by atoms with Gasteiger partial charge in [-0.15, -0.1) is 11.3 Å². The molecule has 1 aliphatic carbocycles. The van der Waals surface area contributed by atoms with Crippen LogP contribution in [0.3, 0.4) is 0 Å². The summed E-state index contributed by atoms with van der Waals surface area (Å²) in [5, 5.41) is 22.5. The number of amides is 2. The lowest BCUT2D eigenvalue weighted by Gasteiger charge is -2.25. The first-order valence-corrected chi connectivity index (χ1v) is 10.9. The molecule has 0 radical (unpaired) electrons.